The third kappa shape index (κ3) is 3.32. The van der Waals surface area contributed by atoms with Crippen LogP contribution in [0, 0.1) is 0 Å². The normalized spacial score (nSPS) is 16.0. The molecule has 2 aliphatic rings. The molecule has 7 aromatic carbocycles. The van der Waals surface area contributed by atoms with E-state index >= 15 is 0 Å². The topological polar surface area (TPSA) is 28.3 Å². The number of nitrogens with zero attached hydrogens (tertiary/aromatic N) is 2. The second-order valence-electron chi connectivity index (χ2n) is 12.4. The van der Waals surface area contributed by atoms with Crippen molar-refractivity contribution in [2.45, 2.75) is 0 Å². The summed E-state index contributed by atoms with van der Waals surface area (Å²) in [6.07, 6.45) is 0. The van der Waals surface area contributed by atoms with Gasteiger partial charge in [0.2, 0.25) is 0 Å². The van der Waals surface area contributed by atoms with Gasteiger partial charge < -0.3 is 18.6 Å². The lowest BCUT2D eigenvalue weighted by molar-refractivity contribution is 0.469. The van der Waals surface area contributed by atoms with Crippen molar-refractivity contribution in [1.29, 1.82) is 0 Å². The quantitative estimate of drug-likeness (QED) is 0.174. The third-order valence-corrected chi connectivity index (χ3v) is 14.8. The molecule has 1 unspecified atom stereocenters. The number of hydrogen-bond acceptors (Lipinski definition) is 3. The van der Waals surface area contributed by atoms with Crippen LogP contribution in [0.4, 0.5) is 0 Å². The molecule has 11 rings (SSSR count). The number of ether oxygens (including phenoxy) is 2. The Morgan fingerprint density at radius 3 is 1.73 bits per heavy atom. The molecule has 0 spiro atoms. The van der Waals surface area contributed by atoms with E-state index in [0.717, 1.165) is 83.1 Å². The lowest BCUT2D eigenvalue weighted by Crippen LogP contribution is -2.35. The summed E-state index contributed by atoms with van der Waals surface area (Å²) in [4.78, 5) is 0. The molecule has 0 amide bonds. The summed E-state index contributed by atoms with van der Waals surface area (Å²) in [7, 11) is 0. The molecule has 6 heteroatoms. The minimum atomic E-state index is -2.59. The van der Waals surface area contributed by atoms with Gasteiger partial charge in [0.05, 0.1) is 44.5 Å². The van der Waals surface area contributed by atoms with Crippen molar-refractivity contribution < 1.29 is 9.47 Å². The highest BCUT2D eigenvalue weighted by molar-refractivity contribution is 8.26. The van der Waals surface area contributed by atoms with Crippen molar-refractivity contribution in [2.75, 3.05) is 0 Å². The second kappa shape index (κ2) is 9.48. The smallest absolute Gasteiger partial charge is 0.146 e. The van der Waals surface area contributed by atoms with Gasteiger partial charge in [0.15, 0.2) is 0 Å². The molecule has 2 aliphatic heterocycles. The average Bonchev–Trinajstić information content (AvgIpc) is 3.65. The van der Waals surface area contributed by atoms with Crippen molar-refractivity contribution in [2.24, 2.45) is 0 Å². The highest BCUT2D eigenvalue weighted by Crippen LogP contribution is 2.60. The fourth-order valence-corrected chi connectivity index (χ4v) is 12.5. The van der Waals surface area contributed by atoms with Crippen molar-refractivity contribution >= 4 is 77.4 Å². The Kier molecular flexibility index (Phi) is 5.23. The van der Waals surface area contributed by atoms with Crippen LogP contribution in [-0.2, 0) is 11.8 Å². The van der Waals surface area contributed by atoms with E-state index in [4.69, 9.17) is 21.3 Å². The third-order valence-electron chi connectivity index (χ3n) is 9.94. The van der Waals surface area contributed by atoms with Crippen molar-refractivity contribution in [3.05, 3.63) is 152 Å². The van der Waals surface area contributed by atoms with Crippen LogP contribution < -0.4 is 25.4 Å². The Bertz CT molecular complexity index is 2830. The summed E-state index contributed by atoms with van der Waals surface area (Å²) in [5, 5.41) is 7.74. The van der Waals surface area contributed by atoms with Crippen LogP contribution in [0.5, 0.6) is 23.0 Å². The Morgan fingerprint density at radius 1 is 0.438 bits per heavy atom. The Labute approximate surface area is 281 Å². The number of hydrogen-bond donors (Lipinski definition) is 0. The van der Waals surface area contributed by atoms with Gasteiger partial charge in [-0.1, -0.05) is 96.7 Å². The molecule has 226 valence electrons. The lowest BCUT2D eigenvalue weighted by atomic mass is 10.1. The minimum Gasteiger partial charge on any atom is -0.456 e. The maximum atomic E-state index is 7.19. The van der Waals surface area contributed by atoms with Crippen molar-refractivity contribution in [3.8, 4) is 34.4 Å². The number of fused-ring (bicyclic) bond motifs is 11. The predicted octanol–water partition coefficient (Wildman–Crippen LogP) is 9.85. The van der Waals surface area contributed by atoms with E-state index in [1.54, 1.807) is 0 Å². The SMILES string of the molecule is S=P12c3ccccc3Oc3cc(-n4c5ccccc5c5ccccc54)cc(c31)Oc1c2ccc2c1c1ccccc1n2-c1ccccc1. The van der Waals surface area contributed by atoms with E-state index in [-0.39, 0.29) is 0 Å². The van der Waals surface area contributed by atoms with Gasteiger partial charge in [-0.25, -0.2) is 0 Å². The van der Waals surface area contributed by atoms with E-state index in [1.807, 2.05) is 12.1 Å². The van der Waals surface area contributed by atoms with Crippen LogP contribution in [0.1, 0.15) is 0 Å². The average molecular weight is 653 g/mol. The van der Waals surface area contributed by atoms with Crippen LogP contribution in [0.15, 0.2) is 152 Å². The Morgan fingerprint density at radius 2 is 1.00 bits per heavy atom. The molecule has 2 aromatic heterocycles. The predicted molar refractivity (Wildman–Crippen MR) is 201 cm³/mol. The molecule has 0 N–H and O–H groups in total. The van der Waals surface area contributed by atoms with E-state index in [9.17, 15) is 0 Å². The van der Waals surface area contributed by atoms with Gasteiger partial charge in [0.1, 0.15) is 23.0 Å². The zero-order valence-electron chi connectivity index (χ0n) is 25.5. The zero-order chi connectivity index (χ0) is 31.6. The van der Waals surface area contributed by atoms with Gasteiger partial charge in [0, 0.05) is 44.6 Å². The highest BCUT2D eigenvalue weighted by Gasteiger charge is 2.44. The highest BCUT2D eigenvalue weighted by atomic mass is 32.4. The van der Waals surface area contributed by atoms with Gasteiger partial charge in [-0.3, -0.25) is 0 Å². The summed E-state index contributed by atoms with van der Waals surface area (Å²) in [5.41, 5.74) is 6.56. The summed E-state index contributed by atoms with van der Waals surface area (Å²) >= 11 is 6.98. The first-order valence-corrected chi connectivity index (χ1v) is 18.8. The summed E-state index contributed by atoms with van der Waals surface area (Å²) in [5.74, 6) is 3.19. The summed E-state index contributed by atoms with van der Waals surface area (Å²) in [6, 6.07) is 50.7. The first kappa shape index (κ1) is 26.5. The zero-order valence-corrected chi connectivity index (χ0v) is 27.2. The van der Waals surface area contributed by atoms with Crippen LogP contribution in [0.2, 0.25) is 0 Å². The molecule has 48 heavy (non-hydrogen) atoms. The van der Waals surface area contributed by atoms with Crippen molar-refractivity contribution in [3.63, 3.8) is 0 Å². The number of aromatic nitrogens is 2. The number of rotatable bonds is 2. The molecule has 0 radical (unpaired) electrons. The minimum absolute atomic E-state index is 0.763. The monoisotopic (exact) mass is 652 g/mol. The van der Waals surface area contributed by atoms with Crippen LogP contribution in [0.3, 0.4) is 0 Å². The number of para-hydroxylation sites is 5. The molecular formula is C42H25N2O2PS. The largest absolute Gasteiger partial charge is 0.456 e. The molecule has 4 nitrogen and oxygen atoms in total. The molecule has 0 bridgehead atoms. The van der Waals surface area contributed by atoms with Crippen molar-refractivity contribution in [1.82, 2.24) is 9.13 Å². The van der Waals surface area contributed by atoms with Gasteiger partial charge in [-0.15, -0.1) is 0 Å². The first-order valence-electron chi connectivity index (χ1n) is 16.0. The number of benzene rings is 7. The maximum absolute atomic E-state index is 7.19. The van der Waals surface area contributed by atoms with Gasteiger partial charge in [-0.2, -0.15) is 0 Å². The maximum Gasteiger partial charge on any atom is 0.146 e. The molecule has 1 atom stereocenters. The van der Waals surface area contributed by atoms with E-state index < -0.39 is 6.04 Å². The summed E-state index contributed by atoms with van der Waals surface area (Å²) < 4.78 is 18.6. The van der Waals surface area contributed by atoms with Crippen LogP contribution in [-0.4, -0.2) is 9.13 Å². The van der Waals surface area contributed by atoms with Crippen LogP contribution >= 0.6 is 6.04 Å². The Balaban J connectivity index is 1.26. The standard InChI is InChI=1S/C42H25N2O2PS/c48-47-38-21-11-10-20-35(38)45-36-24-27(44-31-17-7-4-14-28(31)29-15-5-8-18-32(29)44)25-37(42(36)47)46-41-39(47)23-22-34-40(41)30-16-6-9-19-33(30)43(34)26-12-2-1-3-13-26/h1-25H. The molecule has 0 fully saturated rings. The molecular weight excluding hydrogens is 628 g/mol. The summed E-state index contributed by atoms with van der Waals surface area (Å²) in [6.45, 7) is 0. The first-order chi connectivity index (χ1) is 23.7. The Hall–Kier alpha value is -5.61. The van der Waals surface area contributed by atoms with Gasteiger partial charge in [-0.05, 0) is 54.6 Å². The molecule has 0 saturated heterocycles. The van der Waals surface area contributed by atoms with E-state index in [1.165, 1.54) is 10.8 Å². The van der Waals surface area contributed by atoms with Gasteiger partial charge in [0.25, 0.3) is 0 Å². The van der Waals surface area contributed by atoms with E-state index in [2.05, 4.69) is 149 Å². The second-order valence-corrected chi connectivity index (χ2v) is 16.7. The molecule has 4 heterocycles. The van der Waals surface area contributed by atoms with Gasteiger partial charge >= 0.3 is 0 Å². The van der Waals surface area contributed by atoms with E-state index in [0.29, 0.717) is 0 Å². The molecule has 0 aliphatic carbocycles. The molecule has 0 saturated carbocycles. The fourth-order valence-electron chi connectivity index (χ4n) is 7.99. The fraction of sp³-hybridized carbons (Fsp3) is 0. The lowest BCUT2D eigenvalue weighted by Gasteiger charge is -2.37. The molecule has 9 aromatic rings. The van der Waals surface area contributed by atoms with Crippen LogP contribution in [0.25, 0.3) is 55.0 Å².